The summed E-state index contributed by atoms with van der Waals surface area (Å²) in [7, 11) is 0. The lowest BCUT2D eigenvalue weighted by molar-refractivity contribution is -1.02. The van der Waals surface area contributed by atoms with E-state index in [-0.39, 0.29) is 28.6 Å². The number of rotatable bonds is 7. The maximum absolute atomic E-state index is 13.1. The molecule has 0 radical (unpaired) electrons. The van der Waals surface area contributed by atoms with Gasteiger partial charge in [-0.05, 0) is 31.1 Å². The number of amides is 2. The normalized spacial score (nSPS) is 33.2. The highest BCUT2D eigenvalue weighted by atomic mass is 16.2. The molecule has 2 saturated heterocycles. The number of nitrogens with one attached hydrogen (secondary N) is 2. The second-order valence-electron chi connectivity index (χ2n) is 10.6. The van der Waals surface area contributed by atoms with Crippen LogP contribution in [0.15, 0.2) is 30.3 Å². The van der Waals surface area contributed by atoms with Gasteiger partial charge in [0.05, 0.1) is 12.0 Å². The molecule has 1 saturated carbocycles. The minimum atomic E-state index is -0.366. The van der Waals surface area contributed by atoms with Gasteiger partial charge in [-0.25, -0.2) is 0 Å². The summed E-state index contributed by atoms with van der Waals surface area (Å²) >= 11 is 0. The summed E-state index contributed by atoms with van der Waals surface area (Å²) in [5, 5.41) is 0. The van der Waals surface area contributed by atoms with Crippen LogP contribution in [0, 0.1) is 16.7 Å². The van der Waals surface area contributed by atoms with E-state index >= 15 is 0 Å². The molecule has 1 aromatic carbocycles. The van der Waals surface area contributed by atoms with Gasteiger partial charge < -0.3 is 9.80 Å². The molecule has 2 heterocycles. The van der Waals surface area contributed by atoms with E-state index < -0.39 is 0 Å². The standard InChI is InChI=1S/C25H37N3O2/c1-24(2)21-11-12-25(24,3)23(30)28(22(21)29)14-8-7-13-26-15-17-27(18-16-26)19-20-9-5-4-6-10-20/h4-6,9-10,21H,7-8,11-19H2,1-3H3/p+2/t21-,25+/m1/s1. The number of piperazine rings is 1. The average Bonchev–Trinajstić information content (AvgIpc) is 2.93. The van der Waals surface area contributed by atoms with Crippen LogP contribution < -0.4 is 9.80 Å². The SMILES string of the molecule is CC1(C)[C@@H]2CC[C@@]1(C)C(=O)N(CCCC[NH+]1CC[NH+](Cc3ccccc3)CC1)C2=O. The Hall–Kier alpha value is -1.72. The number of hydrogen-bond acceptors (Lipinski definition) is 2. The number of hydrogen-bond donors (Lipinski definition) is 2. The van der Waals surface area contributed by atoms with Crippen LogP contribution >= 0.6 is 0 Å². The third-order valence-electron chi connectivity index (χ3n) is 8.63. The number of benzene rings is 1. The zero-order valence-electron chi connectivity index (χ0n) is 19.0. The Kier molecular flexibility index (Phi) is 6.04. The van der Waals surface area contributed by atoms with Crippen LogP contribution in [0.2, 0.25) is 0 Å². The monoisotopic (exact) mass is 413 g/mol. The molecule has 0 aromatic heterocycles. The Morgan fingerprint density at radius 1 is 0.967 bits per heavy atom. The van der Waals surface area contributed by atoms with E-state index in [0.717, 1.165) is 38.8 Å². The molecule has 5 nitrogen and oxygen atoms in total. The zero-order chi connectivity index (χ0) is 21.4. The maximum Gasteiger partial charge on any atom is 0.235 e. The second kappa shape index (κ2) is 8.43. The minimum absolute atomic E-state index is 0.0199. The van der Waals surface area contributed by atoms with E-state index in [1.807, 2.05) is 0 Å². The number of piperidine rings is 1. The maximum atomic E-state index is 13.1. The molecule has 3 fully saturated rings. The number of carbonyl (C=O) groups is 2. The van der Waals surface area contributed by atoms with Crippen molar-refractivity contribution >= 4 is 11.8 Å². The number of quaternary nitrogens is 2. The van der Waals surface area contributed by atoms with Crippen LogP contribution in [0.3, 0.4) is 0 Å². The molecule has 4 rings (SSSR count). The van der Waals surface area contributed by atoms with Gasteiger partial charge in [-0.1, -0.05) is 51.1 Å². The molecular weight excluding hydrogens is 374 g/mol. The Morgan fingerprint density at radius 3 is 2.33 bits per heavy atom. The van der Waals surface area contributed by atoms with Gasteiger partial charge in [0.25, 0.3) is 0 Å². The lowest BCUT2D eigenvalue weighted by Crippen LogP contribution is -3.27. The molecule has 30 heavy (non-hydrogen) atoms. The van der Waals surface area contributed by atoms with Gasteiger partial charge in [-0.15, -0.1) is 0 Å². The number of nitrogens with zero attached hydrogens (tertiary/aromatic N) is 1. The Labute approximate surface area is 181 Å². The fraction of sp³-hybridized carbons (Fsp3) is 0.680. The quantitative estimate of drug-likeness (QED) is 0.507. The van der Waals surface area contributed by atoms with Crippen LogP contribution in [-0.4, -0.2) is 56.0 Å². The minimum Gasteiger partial charge on any atom is -0.326 e. The molecular formula is C25H39N3O2+2. The third kappa shape index (κ3) is 3.82. The molecule has 2 amide bonds. The van der Waals surface area contributed by atoms with Gasteiger partial charge in [0.2, 0.25) is 11.8 Å². The van der Waals surface area contributed by atoms with Crippen LogP contribution in [0.4, 0.5) is 0 Å². The van der Waals surface area contributed by atoms with Crippen LogP contribution in [0.5, 0.6) is 0 Å². The first-order valence-corrected chi connectivity index (χ1v) is 11.9. The number of unbranched alkanes of at least 4 members (excludes halogenated alkanes) is 1. The first kappa shape index (κ1) is 21.5. The van der Waals surface area contributed by atoms with Crippen molar-refractivity contribution in [3.63, 3.8) is 0 Å². The Morgan fingerprint density at radius 2 is 1.63 bits per heavy atom. The number of likely N-dealkylation sites (tertiary alicyclic amines) is 1. The highest BCUT2D eigenvalue weighted by molar-refractivity contribution is 6.03. The summed E-state index contributed by atoms with van der Waals surface area (Å²) in [6.07, 6.45) is 3.74. The van der Waals surface area contributed by atoms with Crippen molar-refractivity contribution in [1.82, 2.24) is 4.90 Å². The zero-order valence-corrected chi connectivity index (χ0v) is 19.0. The summed E-state index contributed by atoms with van der Waals surface area (Å²) in [5.74, 6) is 0.189. The van der Waals surface area contributed by atoms with Crippen molar-refractivity contribution < 1.29 is 19.4 Å². The molecule has 164 valence electrons. The largest absolute Gasteiger partial charge is 0.326 e. The second-order valence-corrected chi connectivity index (χ2v) is 10.6. The van der Waals surface area contributed by atoms with E-state index in [1.54, 1.807) is 14.7 Å². The van der Waals surface area contributed by atoms with Crippen molar-refractivity contribution in [3.8, 4) is 0 Å². The van der Waals surface area contributed by atoms with Gasteiger partial charge in [0, 0.05) is 18.0 Å². The fourth-order valence-electron chi connectivity index (χ4n) is 6.03. The predicted octanol–water partition coefficient (Wildman–Crippen LogP) is 0.562. The van der Waals surface area contributed by atoms with Gasteiger partial charge in [-0.3, -0.25) is 14.5 Å². The number of carbonyl (C=O) groups excluding carboxylic acids is 2. The summed E-state index contributed by atoms with van der Waals surface area (Å²) < 4.78 is 0. The van der Waals surface area contributed by atoms with Crippen LogP contribution in [0.1, 0.15) is 52.0 Å². The third-order valence-corrected chi connectivity index (χ3v) is 8.63. The molecule has 2 bridgehead atoms. The van der Waals surface area contributed by atoms with Gasteiger partial charge in [0.1, 0.15) is 32.7 Å². The van der Waals surface area contributed by atoms with Crippen molar-refractivity contribution in [2.24, 2.45) is 16.7 Å². The molecule has 0 unspecified atom stereocenters. The lowest BCUT2D eigenvalue weighted by Gasteiger charge is -2.47. The van der Waals surface area contributed by atoms with Crippen LogP contribution in [0.25, 0.3) is 0 Å². The molecule has 0 spiro atoms. The number of imide groups is 1. The Bertz CT molecular complexity index is 770. The summed E-state index contributed by atoms with van der Waals surface area (Å²) in [6, 6.07) is 10.8. The van der Waals surface area contributed by atoms with E-state index in [4.69, 9.17) is 0 Å². The molecule has 1 aromatic rings. The summed E-state index contributed by atoms with van der Waals surface area (Å²) in [6.45, 7) is 14.1. The molecule has 2 atom stereocenters. The van der Waals surface area contributed by atoms with Gasteiger partial charge >= 0.3 is 0 Å². The predicted molar refractivity (Wildman–Crippen MR) is 117 cm³/mol. The first-order chi connectivity index (χ1) is 14.3. The van der Waals surface area contributed by atoms with Crippen molar-refractivity contribution in [2.75, 3.05) is 39.3 Å². The topological polar surface area (TPSA) is 46.3 Å². The van der Waals surface area contributed by atoms with E-state index in [1.165, 1.54) is 31.7 Å². The molecule has 2 aliphatic heterocycles. The number of fused-ring (bicyclic) bond motifs is 2. The smallest absolute Gasteiger partial charge is 0.235 e. The Balaban J connectivity index is 1.19. The summed E-state index contributed by atoms with van der Waals surface area (Å²) in [5.41, 5.74) is 0.857. The highest BCUT2D eigenvalue weighted by Gasteiger charge is 2.64. The summed E-state index contributed by atoms with van der Waals surface area (Å²) in [4.78, 5) is 31.0. The van der Waals surface area contributed by atoms with Crippen molar-refractivity contribution in [3.05, 3.63) is 35.9 Å². The van der Waals surface area contributed by atoms with Gasteiger partial charge in [-0.2, -0.15) is 0 Å². The van der Waals surface area contributed by atoms with E-state index in [2.05, 4.69) is 51.1 Å². The van der Waals surface area contributed by atoms with Crippen LogP contribution in [-0.2, 0) is 16.1 Å². The van der Waals surface area contributed by atoms with E-state index in [0.29, 0.717) is 6.54 Å². The highest BCUT2D eigenvalue weighted by Crippen LogP contribution is 2.60. The first-order valence-electron chi connectivity index (χ1n) is 11.9. The van der Waals surface area contributed by atoms with Crippen molar-refractivity contribution in [2.45, 2.75) is 53.0 Å². The van der Waals surface area contributed by atoms with E-state index in [9.17, 15) is 9.59 Å². The molecule has 3 aliphatic rings. The molecule has 5 heteroatoms. The molecule has 1 aliphatic carbocycles. The van der Waals surface area contributed by atoms with Gasteiger partial charge in [0.15, 0.2) is 0 Å². The molecule has 2 N–H and O–H groups in total. The fourth-order valence-corrected chi connectivity index (χ4v) is 6.03. The van der Waals surface area contributed by atoms with Crippen molar-refractivity contribution in [1.29, 1.82) is 0 Å². The lowest BCUT2D eigenvalue weighted by atomic mass is 9.62. The average molecular weight is 414 g/mol.